The highest BCUT2D eigenvalue weighted by Gasteiger charge is 2.31. The number of nitriles is 1. The van der Waals surface area contributed by atoms with E-state index >= 15 is 0 Å². The van der Waals surface area contributed by atoms with Crippen LogP contribution in [0, 0.1) is 11.3 Å². The van der Waals surface area contributed by atoms with Crippen LogP contribution in [0.25, 0.3) is 0 Å². The van der Waals surface area contributed by atoms with Crippen LogP contribution in [0.3, 0.4) is 0 Å². The normalized spacial score (nSPS) is 12.2. The Morgan fingerprint density at radius 1 is 0.927 bits per heavy atom. The summed E-state index contributed by atoms with van der Waals surface area (Å²) in [6.07, 6.45) is -0.620. The van der Waals surface area contributed by atoms with E-state index in [1.807, 2.05) is 54.6 Å². The second-order valence-electron chi connectivity index (χ2n) is 9.06. The first-order chi connectivity index (χ1) is 19.7. The molecule has 1 unspecified atom stereocenters. The van der Waals surface area contributed by atoms with Gasteiger partial charge in [0.25, 0.3) is 5.91 Å². The molecule has 1 heterocycles. The molecule has 0 spiro atoms. The number of allylic oxidation sites excluding steroid dienone is 2. The van der Waals surface area contributed by atoms with Crippen molar-refractivity contribution in [1.29, 1.82) is 5.26 Å². The van der Waals surface area contributed by atoms with Gasteiger partial charge >= 0.3 is 6.18 Å². The summed E-state index contributed by atoms with van der Waals surface area (Å²) in [5.41, 5.74) is 2.16. The number of pyridine rings is 1. The van der Waals surface area contributed by atoms with E-state index < -0.39 is 17.7 Å². The van der Waals surface area contributed by atoms with Crippen molar-refractivity contribution >= 4 is 17.3 Å². The van der Waals surface area contributed by atoms with Crippen LogP contribution in [-0.4, -0.2) is 17.1 Å². The number of hydrogen-bond acceptors (Lipinski definition) is 5. The molecule has 206 valence electrons. The van der Waals surface area contributed by atoms with Crippen molar-refractivity contribution in [3.8, 4) is 6.07 Å². The minimum Gasteiger partial charge on any atom is -0.351 e. The topological polar surface area (TPSA) is 89.8 Å². The average Bonchev–Trinajstić information content (AvgIpc) is 2.98. The first-order valence-corrected chi connectivity index (χ1v) is 12.6. The first kappa shape index (κ1) is 28.8. The van der Waals surface area contributed by atoms with Crippen molar-refractivity contribution in [2.45, 2.75) is 18.8 Å². The molecule has 0 saturated heterocycles. The molecule has 4 aromatic rings. The third-order valence-electron chi connectivity index (χ3n) is 6.04. The van der Waals surface area contributed by atoms with Gasteiger partial charge in [-0.05, 0) is 59.2 Å². The quantitative estimate of drug-likeness (QED) is 0.147. The van der Waals surface area contributed by atoms with E-state index in [1.165, 1.54) is 12.1 Å². The van der Waals surface area contributed by atoms with Crippen molar-refractivity contribution in [2.75, 3.05) is 10.6 Å². The Bertz CT molecular complexity index is 1580. The molecule has 41 heavy (non-hydrogen) atoms. The minimum atomic E-state index is -4.73. The monoisotopic (exact) mass is 553 g/mol. The number of rotatable bonds is 10. The van der Waals surface area contributed by atoms with E-state index in [0.29, 0.717) is 18.3 Å². The van der Waals surface area contributed by atoms with Gasteiger partial charge in [0, 0.05) is 30.3 Å². The van der Waals surface area contributed by atoms with Gasteiger partial charge in [-0.25, -0.2) is 0 Å². The lowest BCUT2D eigenvalue weighted by Crippen LogP contribution is -2.23. The first-order valence-electron chi connectivity index (χ1n) is 12.6. The lowest BCUT2D eigenvalue weighted by Gasteiger charge is -2.21. The molecule has 0 fully saturated rings. The van der Waals surface area contributed by atoms with Gasteiger partial charge in [-0.15, -0.1) is 0 Å². The molecule has 0 aliphatic heterocycles. The van der Waals surface area contributed by atoms with Crippen LogP contribution in [0.2, 0.25) is 0 Å². The Labute approximate surface area is 235 Å². The summed E-state index contributed by atoms with van der Waals surface area (Å²) < 4.78 is 39.9. The molecular formula is C32H26F3N5O. The number of aromatic nitrogens is 1. The van der Waals surface area contributed by atoms with Gasteiger partial charge in [0.05, 0.1) is 23.2 Å². The van der Waals surface area contributed by atoms with Gasteiger partial charge < -0.3 is 16.0 Å². The zero-order valence-corrected chi connectivity index (χ0v) is 21.8. The Balaban J connectivity index is 1.61. The number of carbonyl (C=O) groups is 1. The fourth-order valence-electron chi connectivity index (χ4n) is 4.03. The molecular weight excluding hydrogens is 527 g/mol. The van der Waals surface area contributed by atoms with Crippen molar-refractivity contribution < 1.29 is 18.0 Å². The van der Waals surface area contributed by atoms with Crippen molar-refractivity contribution in [2.24, 2.45) is 0 Å². The van der Waals surface area contributed by atoms with E-state index in [9.17, 15) is 18.0 Å². The zero-order valence-electron chi connectivity index (χ0n) is 21.8. The van der Waals surface area contributed by atoms with E-state index in [-0.39, 0.29) is 23.0 Å². The average molecular weight is 554 g/mol. The molecule has 0 aliphatic rings. The molecule has 1 atom stereocenters. The molecule has 0 aliphatic carbocycles. The Hall–Kier alpha value is -5.20. The maximum atomic E-state index is 13.3. The van der Waals surface area contributed by atoms with Crippen LogP contribution in [0.15, 0.2) is 127 Å². The third kappa shape index (κ3) is 8.14. The largest absolute Gasteiger partial charge is 0.415 e. The summed E-state index contributed by atoms with van der Waals surface area (Å²) in [6, 6.07) is 28.4. The van der Waals surface area contributed by atoms with Gasteiger partial charge in [0.1, 0.15) is 5.70 Å². The molecule has 3 aromatic carbocycles. The Morgan fingerprint density at radius 3 is 2.32 bits per heavy atom. The zero-order chi connectivity index (χ0) is 29.2. The lowest BCUT2D eigenvalue weighted by molar-refractivity contribution is -0.112. The van der Waals surface area contributed by atoms with Gasteiger partial charge in [-0.3, -0.25) is 9.78 Å². The standard InChI is InChI=1S/C32H26F3N5O/c1-22(32(33,34)35)16-29(39-27-13-5-8-23(17-27)19-36)31(41)40-28-14-6-12-26(18-28)30(25-10-3-2-4-11-25)38-21-24-9-7-15-37-20-24/h2-18,20,30,38-39H,1,21H2,(H,40,41)/b29-16-. The smallest absolute Gasteiger partial charge is 0.351 e. The fourth-order valence-corrected chi connectivity index (χ4v) is 4.03. The Morgan fingerprint density at radius 2 is 1.63 bits per heavy atom. The van der Waals surface area contributed by atoms with Crippen LogP contribution < -0.4 is 16.0 Å². The molecule has 1 amide bonds. The highest BCUT2D eigenvalue weighted by Crippen LogP contribution is 2.28. The summed E-state index contributed by atoms with van der Waals surface area (Å²) in [7, 11) is 0. The number of alkyl halides is 3. The molecule has 3 N–H and O–H groups in total. The van der Waals surface area contributed by atoms with E-state index in [4.69, 9.17) is 5.26 Å². The molecule has 0 radical (unpaired) electrons. The summed E-state index contributed by atoms with van der Waals surface area (Å²) in [6.45, 7) is 3.59. The van der Waals surface area contributed by atoms with Crippen molar-refractivity contribution in [3.05, 3.63) is 150 Å². The highest BCUT2D eigenvalue weighted by molar-refractivity contribution is 6.06. The number of nitrogens with zero attached hydrogens (tertiary/aromatic N) is 2. The van der Waals surface area contributed by atoms with Gasteiger partial charge in [-0.2, -0.15) is 18.4 Å². The van der Waals surface area contributed by atoms with E-state index in [2.05, 4.69) is 27.5 Å². The molecule has 0 saturated carbocycles. The molecule has 9 heteroatoms. The number of benzene rings is 3. The van der Waals surface area contributed by atoms with Crippen LogP contribution in [0.1, 0.15) is 28.3 Å². The molecule has 1 aromatic heterocycles. The summed E-state index contributed by atoms with van der Waals surface area (Å²) >= 11 is 0. The SMILES string of the molecule is C=C(/C=C(\Nc1cccc(C#N)c1)C(=O)Nc1cccc(C(NCc2cccnc2)c2ccccc2)c1)C(F)(F)F. The van der Waals surface area contributed by atoms with E-state index in [0.717, 1.165) is 16.7 Å². The van der Waals surface area contributed by atoms with Crippen molar-refractivity contribution in [3.63, 3.8) is 0 Å². The Kier molecular flexibility index (Phi) is 9.30. The number of nitrogens with one attached hydrogen (secondary N) is 3. The summed E-state index contributed by atoms with van der Waals surface area (Å²) in [5.74, 6) is -0.811. The second kappa shape index (κ2) is 13.2. The number of halogens is 3. The van der Waals surface area contributed by atoms with Gasteiger partial charge in [0.2, 0.25) is 0 Å². The summed E-state index contributed by atoms with van der Waals surface area (Å²) in [5, 5.41) is 18.1. The lowest BCUT2D eigenvalue weighted by atomic mass is 9.98. The highest BCUT2D eigenvalue weighted by atomic mass is 19.4. The molecule has 6 nitrogen and oxygen atoms in total. The van der Waals surface area contributed by atoms with Crippen LogP contribution in [0.4, 0.5) is 24.5 Å². The maximum Gasteiger partial charge on any atom is 0.415 e. The van der Waals surface area contributed by atoms with E-state index in [1.54, 1.807) is 42.7 Å². The van der Waals surface area contributed by atoms with Gasteiger partial charge in [-0.1, -0.05) is 61.2 Å². The van der Waals surface area contributed by atoms with Crippen LogP contribution in [-0.2, 0) is 11.3 Å². The maximum absolute atomic E-state index is 13.3. The predicted octanol–water partition coefficient (Wildman–Crippen LogP) is 6.89. The molecule has 0 bridgehead atoms. The number of hydrogen-bond donors (Lipinski definition) is 3. The summed E-state index contributed by atoms with van der Waals surface area (Å²) in [4.78, 5) is 17.4. The fraction of sp³-hybridized carbons (Fsp3) is 0.0938. The van der Waals surface area contributed by atoms with Gasteiger partial charge in [0.15, 0.2) is 0 Å². The van der Waals surface area contributed by atoms with Crippen LogP contribution in [0.5, 0.6) is 0 Å². The van der Waals surface area contributed by atoms with Crippen LogP contribution >= 0.6 is 0 Å². The minimum absolute atomic E-state index is 0.250. The second-order valence-corrected chi connectivity index (χ2v) is 9.06. The number of amides is 1. The predicted molar refractivity (Wildman–Crippen MR) is 152 cm³/mol. The molecule has 4 rings (SSSR count). The third-order valence-corrected chi connectivity index (χ3v) is 6.04. The van der Waals surface area contributed by atoms with Crippen molar-refractivity contribution in [1.82, 2.24) is 10.3 Å². The number of carbonyl (C=O) groups excluding carboxylic acids is 1. The number of anilines is 2.